The fraction of sp³-hybridized carbons (Fsp3) is 0.350. The number of halogens is 1. The van der Waals surface area contributed by atoms with Crippen LogP contribution in [0.2, 0.25) is 0 Å². The van der Waals surface area contributed by atoms with Gasteiger partial charge in [0.25, 0.3) is 10.0 Å². The lowest BCUT2D eigenvalue weighted by Gasteiger charge is -2.35. The first-order valence-corrected chi connectivity index (χ1v) is 18.6. The normalized spacial score (nSPS) is 14.0. The number of aryl methyl sites for hydroxylation is 2. The molecule has 1 fully saturated rings. The van der Waals surface area contributed by atoms with E-state index in [4.69, 9.17) is 9.47 Å². The molecule has 1 N–H and O–H groups in total. The van der Waals surface area contributed by atoms with Gasteiger partial charge in [-0.25, -0.2) is 12.8 Å². The Bertz CT molecular complexity index is 1910. The third-order valence-electron chi connectivity index (χ3n) is 9.24. The van der Waals surface area contributed by atoms with Crippen LogP contribution in [0.3, 0.4) is 0 Å². The van der Waals surface area contributed by atoms with Crippen LogP contribution in [0.15, 0.2) is 95.9 Å². The summed E-state index contributed by atoms with van der Waals surface area (Å²) in [5, 5.41) is 3.17. The van der Waals surface area contributed by atoms with Gasteiger partial charge in [-0.15, -0.1) is 0 Å². The number of methoxy groups -OCH3 is 2. The number of carbonyl (C=O) groups excluding carboxylic acids is 2. The van der Waals surface area contributed by atoms with Crippen molar-refractivity contribution in [2.45, 2.75) is 75.9 Å². The molecule has 0 unspecified atom stereocenters. The first-order chi connectivity index (χ1) is 24.5. The van der Waals surface area contributed by atoms with Crippen LogP contribution in [0.25, 0.3) is 0 Å². The average molecular weight is 716 g/mol. The average Bonchev–Trinajstić information content (AvgIpc) is 3.12. The lowest BCUT2D eigenvalue weighted by atomic mass is 9.94. The SMILES string of the molecule is COc1ccc(S(=O)(=O)N(CC(=O)N(Cc2ccccc2F)[C@@H](Cc2ccccc2)C(=O)NC2CCCCC2)c2cc(C)cc(C)c2)cc1OC. The smallest absolute Gasteiger partial charge is 0.264 e. The molecule has 270 valence electrons. The van der Waals surface area contributed by atoms with Crippen LogP contribution in [-0.4, -0.2) is 58.0 Å². The van der Waals surface area contributed by atoms with Gasteiger partial charge >= 0.3 is 0 Å². The molecule has 0 heterocycles. The fourth-order valence-electron chi connectivity index (χ4n) is 6.64. The second-order valence-corrected chi connectivity index (χ2v) is 14.9. The highest BCUT2D eigenvalue weighted by Crippen LogP contribution is 2.33. The molecule has 51 heavy (non-hydrogen) atoms. The van der Waals surface area contributed by atoms with Crippen molar-refractivity contribution in [3.05, 3.63) is 119 Å². The fourth-order valence-corrected chi connectivity index (χ4v) is 8.05. The summed E-state index contributed by atoms with van der Waals surface area (Å²) in [5.41, 5.74) is 2.86. The molecule has 0 bridgehead atoms. The number of anilines is 1. The summed E-state index contributed by atoms with van der Waals surface area (Å²) in [6, 6.07) is 23.8. The maximum Gasteiger partial charge on any atom is 0.264 e. The molecule has 0 aliphatic heterocycles. The van der Waals surface area contributed by atoms with Crippen molar-refractivity contribution in [3.63, 3.8) is 0 Å². The Balaban J connectivity index is 1.61. The van der Waals surface area contributed by atoms with E-state index in [9.17, 15) is 18.0 Å². The maximum absolute atomic E-state index is 15.3. The summed E-state index contributed by atoms with van der Waals surface area (Å²) in [5.74, 6) is -1.02. The molecule has 5 rings (SSSR count). The number of hydrogen-bond donors (Lipinski definition) is 1. The topological polar surface area (TPSA) is 105 Å². The van der Waals surface area contributed by atoms with E-state index in [0.717, 1.165) is 53.1 Å². The number of amides is 2. The number of hydrogen-bond acceptors (Lipinski definition) is 6. The van der Waals surface area contributed by atoms with E-state index >= 15 is 4.39 Å². The molecule has 0 saturated heterocycles. The Morgan fingerprint density at radius 3 is 2.14 bits per heavy atom. The van der Waals surface area contributed by atoms with Gasteiger partial charge in [0.1, 0.15) is 18.4 Å². The number of carbonyl (C=O) groups is 2. The predicted octanol–water partition coefficient (Wildman–Crippen LogP) is 6.74. The maximum atomic E-state index is 15.3. The molecule has 9 nitrogen and oxygen atoms in total. The number of benzene rings is 4. The molecule has 1 aliphatic carbocycles. The van der Waals surface area contributed by atoms with Crippen LogP contribution in [0.5, 0.6) is 11.5 Å². The molecule has 0 aromatic heterocycles. The Morgan fingerprint density at radius 2 is 1.49 bits per heavy atom. The number of rotatable bonds is 14. The second-order valence-electron chi connectivity index (χ2n) is 13.0. The lowest BCUT2D eigenvalue weighted by molar-refractivity contribution is -0.140. The molecule has 0 radical (unpaired) electrons. The van der Waals surface area contributed by atoms with Gasteiger partial charge < -0.3 is 19.7 Å². The zero-order valence-electron chi connectivity index (χ0n) is 29.6. The lowest BCUT2D eigenvalue weighted by Crippen LogP contribution is -2.55. The van der Waals surface area contributed by atoms with Crippen LogP contribution in [0, 0.1) is 19.7 Å². The monoisotopic (exact) mass is 715 g/mol. The molecular formula is C40H46FN3O6S. The van der Waals surface area contributed by atoms with Gasteiger partial charge in [-0.3, -0.25) is 13.9 Å². The molecule has 1 aliphatic rings. The van der Waals surface area contributed by atoms with E-state index in [-0.39, 0.29) is 46.8 Å². The Morgan fingerprint density at radius 1 is 0.843 bits per heavy atom. The zero-order valence-corrected chi connectivity index (χ0v) is 30.4. The minimum absolute atomic E-state index is 0.0489. The highest BCUT2D eigenvalue weighted by atomic mass is 32.2. The third kappa shape index (κ3) is 9.26. The van der Waals surface area contributed by atoms with Crippen molar-refractivity contribution in [3.8, 4) is 11.5 Å². The highest BCUT2D eigenvalue weighted by Gasteiger charge is 2.36. The van der Waals surface area contributed by atoms with Crippen LogP contribution < -0.4 is 19.1 Å². The first-order valence-electron chi connectivity index (χ1n) is 17.2. The van der Waals surface area contributed by atoms with E-state index in [1.54, 1.807) is 30.3 Å². The van der Waals surface area contributed by atoms with E-state index in [0.29, 0.717) is 5.75 Å². The van der Waals surface area contributed by atoms with Gasteiger partial charge in [0.15, 0.2) is 11.5 Å². The highest BCUT2D eigenvalue weighted by molar-refractivity contribution is 7.92. The van der Waals surface area contributed by atoms with Gasteiger partial charge in [0.05, 0.1) is 24.8 Å². The van der Waals surface area contributed by atoms with Crippen LogP contribution in [0.1, 0.15) is 54.4 Å². The van der Waals surface area contributed by atoms with Crippen LogP contribution in [0.4, 0.5) is 10.1 Å². The van der Waals surface area contributed by atoms with E-state index in [2.05, 4.69) is 5.32 Å². The Labute approximate surface area is 300 Å². The van der Waals surface area contributed by atoms with Crippen molar-refractivity contribution in [1.82, 2.24) is 10.2 Å². The Hall–Kier alpha value is -4.90. The van der Waals surface area contributed by atoms with Gasteiger partial charge in [0.2, 0.25) is 11.8 Å². The summed E-state index contributed by atoms with van der Waals surface area (Å²) >= 11 is 0. The van der Waals surface area contributed by atoms with E-state index in [1.807, 2.05) is 50.2 Å². The predicted molar refractivity (Wildman–Crippen MR) is 196 cm³/mol. The zero-order chi connectivity index (χ0) is 36.5. The number of sulfonamides is 1. The minimum atomic E-state index is -4.41. The number of ether oxygens (including phenoxy) is 2. The molecule has 0 spiro atoms. The van der Waals surface area contributed by atoms with Gasteiger partial charge in [-0.2, -0.15) is 0 Å². The second kappa shape index (κ2) is 16.9. The van der Waals surface area contributed by atoms with E-state index in [1.165, 1.54) is 43.4 Å². The van der Waals surface area contributed by atoms with Gasteiger partial charge in [-0.1, -0.05) is 73.9 Å². The minimum Gasteiger partial charge on any atom is -0.493 e. The summed E-state index contributed by atoms with van der Waals surface area (Å²) in [7, 11) is -1.55. The van der Waals surface area contributed by atoms with Crippen molar-refractivity contribution in [2.24, 2.45) is 0 Å². The molecule has 11 heteroatoms. The number of nitrogens with zero attached hydrogens (tertiary/aromatic N) is 2. The van der Waals surface area contributed by atoms with E-state index < -0.39 is 34.3 Å². The first kappa shape index (κ1) is 37.4. The van der Waals surface area contributed by atoms with Crippen molar-refractivity contribution >= 4 is 27.5 Å². The van der Waals surface area contributed by atoms with Crippen LogP contribution >= 0.6 is 0 Å². The van der Waals surface area contributed by atoms with Gasteiger partial charge in [-0.05, 0) is 73.7 Å². The van der Waals surface area contributed by atoms with Crippen molar-refractivity contribution in [1.29, 1.82) is 0 Å². The number of nitrogens with one attached hydrogen (secondary N) is 1. The molecule has 4 aromatic carbocycles. The molecule has 2 amide bonds. The summed E-state index contributed by atoms with van der Waals surface area (Å²) in [6.45, 7) is 2.78. The Kier molecular flexibility index (Phi) is 12.4. The van der Waals surface area contributed by atoms with Crippen molar-refractivity contribution < 1.29 is 31.9 Å². The quantitative estimate of drug-likeness (QED) is 0.155. The third-order valence-corrected chi connectivity index (χ3v) is 11.0. The summed E-state index contributed by atoms with van der Waals surface area (Å²) < 4.78 is 56.2. The largest absolute Gasteiger partial charge is 0.493 e. The summed E-state index contributed by atoms with van der Waals surface area (Å²) in [6.07, 6.45) is 4.88. The molecule has 4 aromatic rings. The van der Waals surface area contributed by atoms with Crippen LogP contribution in [-0.2, 0) is 32.6 Å². The van der Waals surface area contributed by atoms with Crippen molar-refractivity contribution in [2.75, 3.05) is 25.1 Å². The van der Waals surface area contributed by atoms with Gasteiger partial charge in [0, 0.05) is 30.6 Å². The standard InChI is InChI=1S/C40H46FN3O6S/c1-28-21-29(2)23-33(22-28)44(51(47,48)34-19-20-37(49-3)38(25-34)50-4)27-39(45)43(26-31-15-11-12-18-35(31)41)36(24-30-13-7-5-8-14-30)40(46)42-32-16-9-6-10-17-32/h5,7-8,11-15,18-23,25,32,36H,6,9-10,16-17,24,26-27H2,1-4H3,(H,42,46)/t36-/m0/s1. The summed E-state index contributed by atoms with van der Waals surface area (Å²) in [4.78, 5) is 30.3. The molecule has 1 saturated carbocycles. The molecular weight excluding hydrogens is 670 g/mol. The molecule has 1 atom stereocenters.